The minimum Gasteiger partial charge on any atom is -0.385 e. The summed E-state index contributed by atoms with van der Waals surface area (Å²) in [7, 11) is 0. The summed E-state index contributed by atoms with van der Waals surface area (Å²) < 4.78 is 5.68. The molecule has 1 aliphatic heterocycles. The topological polar surface area (TPSA) is 72.2 Å². The van der Waals surface area contributed by atoms with Crippen molar-refractivity contribution >= 4 is 11.5 Å². The molecule has 0 aliphatic carbocycles. The highest BCUT2D eigenvalue weighted by Crippen LogP contribution is 2.16. The second-order valence-corrected chi connectivity index (χ2v) is 4.28. The van der Waals surface area contributed by atoms with Crippen molar-refractivity contribution in [2.24, 2.45) is 5.84 Å². The molecule has 5 heteroatoms. The van der Waals surface area contributed by atoms with E-state index in [0.717, 1.165) is 25.3 Å². The van der Waals surface area contributed by atoms with Crippen LogP contribution in [0.1, 0.15) is 25.7 Å². The van der Waals surface area contributed by atoms with E-state index >= 15 is 0 Å². The molecule has 2 rings (SSSR count). The van der Waals surface area contributed by atoms with Crippen LogP contribution in [0.4, 0.5) is 11.5 Å². The third kappa shape index (κ3) is 3.87. The SMILES string of the molecule is NNc1cc(NCCC2CCCCO2)ccn1. The smallest absolute Gasteiger partial charge is 0.141 e. The lowest BCUT2D eigenvalue weighted by atomic mass is 10.1. The van der Waals surface area contributed by atoms with E-state index in [1.165, 1.54) is 19.3 Å². The number of nitrogen functional groups attached to an aromatic ring is 1. The second kappa shape index (κ2) is 6.42. The Morgan fingerprint density at radius 2 is 2.41 bits per heavy atom. The zero-order chi connectivity index (χ0) is 11.9. The molecule has 0 saturated carbocycles. The van der Waals surface area contributed by atoms with Gasteiger partial charge in [0, 0.05) is 31.1 Å². The Kier molecular flexibility index (Phi) is 4.58. The number of anilines is 2. The summed E-state index contributed by atoms with van der Waals surface area (Å²) in [5, 5.41) is 3.35. The Labute approximate surface area is 102 Å². The van der Waals surface area contributed by atoms with Crippen molar-refractivity contribution in [2.75, 3.05) is 23.9 Å². The van der Waals surface area contributed by atoms with E-state index in [9.17, 15) is 0 Å². The molecule has 1 aromatic rings. The second-order valence-electron chi connectivity index (χ2n) is 4.28. The largest absolute Gasteiger partial charge is 0.385 e. The number of ether oxygens (including phenoxy) is 1. The molecular weight excluding hydrogens is 216 g/mol. The average Bonchev–Trinajstić information content (AvgIpc) is 2.40. The Hall–Kier alpha value is -1.33. The predicted molar refractivity (Wildman–Crippen MR) is 68.7 cm³/mol. The summed E-state index contributed by atoms with van der Waals surface area (Å²) in [5.41, 5.74) is 3.56. The van der Waals surface area contributed by atoms with Crippen molar-refractivity contribution in [3.05, 3.63) is 18.3 Å². The standard InChI is InChI=1S/C12H20N4O/c13-16-12-9-10(4-6-15-12)14-7-5-11-3-1-2-8-17-11/h4,6,9,11H,1-3,5,7-8,13H2,(H2,14,15,16). The first-order valence-corrected chi connectivity index (χ1v) is 6.16. The number of nitrogens with zero attached hydrogens (tertiary/aromatic N) is 1. The number of hydrogen-bond acceptors (Lipinski definition) is 5. The monoisotopic (exact) mass is 236 g/mol. The van der Waals surface area contributed by atoms with Gasteiger partial charge in [0.15, 0.2) is 0 Å². The Morgan fingerprint density at radius 1 is 1.47 bits per heavy atom. The first-order valence-electron chi connectivity index (χ1n) is 6.16. The van der Waals surface area contributed by atoms with Crippen LogP contribution in [-0.4, -0.2) is 24.2 Å². The molecule has 1 aromatic heterocycles. The van der Waals surface area contributed by atoms with E-state index in [-0.39, 0.29) is 0 Å². The predicted octanol–water partition coefficient (Wildman–Crippen LogP) is 1.74. The fourth-order valence-electron chi connectivity index (χ4n) is 2.03. The zero-order valence-electron chi connectivity index (χ0n) is 9.98. The lowest BCUT2D eigenvalue weighted by Gasteiger charge is -2.22. The van der Waals surface area contributed by atoms with E-state index in [2.05, 4.69) is 15.7 Å². The minimum atomic E-state index is 0.421. The van der Waals surface area contributed by atoms with Gasteiger partial charge in [0.25, 0.3) is 0 Å². The van der Waals surface area contributed by atoms with Crippen LogP contribution in [0.5, 0.6) is 0 Å². The number of aromatic nitrogens is 1. The van der Waals surface area contributed by atoms with Crippen LogP contribution < -0.4 is 16.6 Å². The molecule has 0 amide bonds. The molecule has 1 unspecified atom stereocenters. The van der Waals surface area contributed by atoms with Crippen molar-refractivity contribution in [1.29, 1.82) is 0 Å². The van der Waals surface area contributed by atoms with Crippen LogP contribution in [0.3, 0.4) is 0 Å². The minimum absolute atomic E-state index is 0.421. The lowest BCUT2D eigenvalue weighted by Crippen LogP contribution is -2.22. The first-order chi connectivity index (χ1) is 8.38. The number of hydrogen-bond donors (Lipinski definition) is 3. The molecule has 0 radical (unpaired) electrons. The van der Waals surface area contributed by atoms with Crippen molar-refractivity contribution < 1.29 is 4.74 Å². The summed E-state index contributed by atoms with van der Waals surface area (Å²) in [4.78, 5) is 4.06. The van der Waals surface area contributed by atoms with Gasteiger partial charge in [-0.15, -0.1) is 0 Å². The van der Waals surface area contributed by atoms with E-state index in [1.54, 1.807) is 6.20 Å². The molecule has 94 valence electrons. The summed E-state index contributed by atoms with van der Waals surface area (Å²) in [6.45, 7) is 1.83. The van der Waals surface area contributed by atoms with Gasteiger partial charge in [-0.2, -0.15) is 0 Å². The summed E-state index contributed by atoms with van der Waals surface area (Å²) in [5.74, 6) is 5.97. The number of nitrogens with one attached hydrogen (secondary N) is 2. The van der Waals surface area contributed by atoms with E-state index in [0.29, 0.717) is 11.9 Å². The van der Waals surface area contributed by atoms with Gasteiger partial charge in [-0.25, -0.2) is 10.8 Å². The Bertz CT molecular complexity index is 339. The maximum absolute atomic E-state index is 5.68. The highest BCUT2D eigenvalue weighted by molar-refractivity contribution is 5.51. The Balaban J connectivity index is 1.73. The fourth-order valence-corrected chi connectivity index (χ4v) is 2.03. The normalized spacial score (nSPS) is 19.9. The highest BCUT2D eigenvalue weighted by atomic mass is 16.5. The van der Waals surface area contributed by atoms with Crippen molar-refractivity contribution in [1.82, 2.24) is 4.98 Å². The number of pyridine rings is 1. The van der Waals surface area contributed by atoms with Crippen molar-refractivity contribution in [2.45, 2.75) is 31.8 Å². The van der Waals surface area contributed by atoms with E-state index in [1.807, 2.05) is 12.1 Å². The molecule has 5 nitrogen and oxygen atoms in total. The summed E-state index contributed by atoms with van der Waals surface area (Å²) in [6.07, 6.45) is 6.89. The Morgan fingerprint density at radius 3 is 3.18 bits per heavy atom. The molecule has 1 aliphatic rings. The average molecular weight is 236 g/mol. The van der Waals surface area contributed by atoms with Gasteiger partial charge in [-0.1, -0.05) is 0 Å². The lowest BCUT2D eigenvalue weighted by molar-refractivity contribution is 0.0134. The fraction of sp³-hybridized carbons (Fsp3) is 0.583. The maximum atomic E-state index is 5.68. The van der Waals surface area contributed by atoms with Crippen LogP contribution in [0, 0.1) is 0 Å². The third-order valence-electron chi connectivity index (χ3n) is 2.98. The van der Waals surface area contributed by atoms with Crippen LogP contribution in [0.2, 0.25) is 0 Å². The molecular formula is C12H20N4O. The highest BCUT2D eigenvalue weighted by Gasteiger charge is 2.12. The quantitative estimate of drug-likeness (QED) is 0.536. The molecule has 0 spiro atoms. The van der Waals surface area contributed by atoms with Gasteiger partial charge < -0.3 is 15.5 Å². The van der Waals surface area contributed by atoms with Crippen LogP contribution in [0.25, 0.3) is 0 Å². The molecule has 2 heterocycles. The molecule has 1 fully saturated rings. The van der Waals surface area contributed by atoms with Crippen LogP contribution >= 0.6 is 0 Å². The van der Waals surface area contributed by atoms with Gasteiger partial charge >= 0.3 is 0 Å². The molecule has 0 aromatic carbocycles. The van der Waals surface area contributed by atoms with Crippen molar-refractivity contribution in [3.63, 3.8) is 0 Å². The molecule has 4 N–H and O–H groups in total. The van der Waals surface area contributed by atoms with Gasteiger partial charge in [-0.3, -0.25) is 0 Å². The number of nitrogens with two attached hydrogens (primary N) is 1. The number of rotatable bonds is 5. The van der Waals surface area contributed by atoms with E-state index in [4.69, 9.17) is 10.6 Å². The molecule has 0 bridgehead atoms. The maximum Gasteiger partial charge on any atom is 0.141 e. The van der Waals surface area contributed by atoms with Gasteiger partial charge in [0.1, 0.15) is 5.82 Å². The van der Waals surface area contributed by atoms with Gasteiger partial charge in [0.2, 0.25) is 0 Å². The molecule has 17 heavy (non-hydrogen) atoms. The van der Waals surface area contributed by atoms with Gasteiger partial charge in [0.05, 0.1) is 6.10 Å². The number of hydrazine groups is 1. The summed E-state index contributed by atoms with van der Waals surface area (Å²) in [6, 6.07) is 3.82. The summed E-state index contributed by atoms with van der Waals surface area (Å²) >= 11 is 0. The first kappa shape index (κ1) is 12.1. The molecule has 1 atom stereocenters. The molecule has 1 saturated heterocycles. The van der Waals surface area contributed by atoms with Crippen molar-refractivity contribution in [3.8, 4) is 0 Å². The zero-order valence-corrected chi connectivity index (χ0v) is 9.98. The van der Waals surface area contributed by atoms with Crippen LogP contribution in [0.15, 0.2) is 18.3 Å². The van der Waals surface area contributed by atoms with Gasteiger partial charge in [-0.05, 0) is 31.7 Å². The third-order valence-corrected chi connectivity index (χ3v) is 2.98. The van der Waals surface area contributed by atoms with Crippen LogP contribution in [-0.2, 0) is 4.74 Å². The van der Waals surface area contributed by atoms with E-state index < -0.39 is 0 Å².